The second-order valence-electron chi connectivity index (χ2n) is 9.29. The van der Waals surface area contributed by atoms with Gasteiger partial charge in [0.05, 0.1) is 28.8 Å². The Balaban J connectivity index is 1.28. The van der Waals surface area contributed by atoms with E-state index in [4.69, 9.17) is 9.72 Å². The van der Waals surface area contributed by atoms with Crippen LogP contribution in [0, 0.1) is 0 Å². The lowest BCUT2D eigenvalue weighted by Gasteiger charge is -2.25. The van der Waals surface area contributed by atoms with E-state index in [0.717, 1.165) is 31.2 Å². The standard InChI is InChI=1S/C29H24N4O5S3/c1-38-29(35)33-16-15-21-24(17-33)40-28(25(21)27-30-22-9-5-6-10-23(22)39-27)31-26(34)18-11-13-19(14-12-18)32-41(36,37)20-7-3-2-4-8-20/h2-14,32H,15-17H2,1H3,(H,31,34). The summed E-state index contributed by atoms with van der Waals surface area (Å²) in [5.41, 5.74) is 3.53. The van der Waals surface area contributed by atoms with Gasteiger partial charge in [-0.2, -0.15) is 0 Å². The molecule has 0 bridgehead atoms. The van der Waals surface area contributed by atoms with Crippen molar-refractivity contribution in [2.45, 2.75) is 17.9 Å². The number of hydrogen-bond donors (Lipinski definition) is 2. The number of aromatic nitrogens is 1. The van der Waals surface area contributed by atoms with Gasteiger partial charge in [-0.3, -0.25) is 9.52 Å². The topological polar surface area (TPSA) is 118 Å². The number of nitrogens with one attached hydrogen (secondary N) is 2. The Bertz CT molecular complexity index is 1830. The highest BCUT2D eigenvalue weighted by molar-refractivity contribution is 7.92. The van der Waals surface area contributed by atoms with Gasteiger partial charge in [0.25, 0.3) is 15.9 Å². The Morgan fingerprint density at radius 3 is 2.41 bits per heavy atom. The minimum absolute atomic E-state index is 0.150. The second-order valence-corrected chi connectivity index (χ2v) is 13.1. The lowest BCUT2D eigenvalue weighted by atomic mass is 10.0. The molecule has 6 rings (SSSR count). The van der Waals surface area contributed by atoms with Crippen LogP contribution in [0.2, 0.25) is 0 Å². The summed E-state index contributed by atoms with van der Waals surface area (Å²) >= 11 is 2.98. The SMILES string of the molecule is COC(=O)N1CCc2c(sc(NC(=O)c3ccc(NS(=O)(=O)c4ccccc4)cc3)c2-c2nc3ccccc3s2)C1. The zero-order valence-corrected chi connectivity index (χ0v) is 24.2. The fourth-order valence-corrected chi connectivity index (χ4v) is 8.11. The van der Waals surface area contributed by atoms with Crippen LogP contribution in [0.1, 0.15) is 20.8 Å². The predicted octanol–water partition coefficient (Wildman–Crippen LogP) is 6.20. The molecule has 9 nitrogen and oxygen atoms in total. The van der Waals surface area contributed by atoms with Crippen LogP contribution >= 0.6 is 22.7 Å². The van der Waals surface area contributed by atoms with Gasteiger partial charge < -0.3 is 15.0 Å². The quantitative estimate of drug-likeness (QED) is 0.238. The first-order valence-electron chi connectivity index (χ1n) is 12.6. The van der Waals surface area contributed by atoms with E-state index in [1.54, 1.807) is 58.7 Å². The largest absolute Gasteiger partial charge is 0.453 e. The van der Waals surface area contributed by atoms with Crippen molar-refractivity contribution < 1.29 is 22.7 Å². The maximum atomic E-state index is 13.4. The van der Waals surface area contributed by atoms with E-state index in [9.17, 15) is 18.0 Å². The summed E-state index contributed by atoms with van der Waals surface area (Å²) in [6, 6.07) is 22.2. The van der Waals surface area contributed by atoms with Crippen molar-refractivity contribution in [1.29, 1.82) is 0 Å². The number of carbonyl (C=O) groups is 2. The minimum Gasteiger partial charge on any atom is -0.453 e. The molecule has 0 spiro atoms. The molecule has 1 aliphatic rings. The number of thiophene rings is 1. The fourth-order valence-electron chi connectivity index (χ4n) is 4.66. The zero-order chi connectivity index (χ0) is 28.6. The number of para-hydroxylation sites is 1. The molecule has 2 N–H and O–H groups in total. The molecular weight excluding hydrogens is 581 g/mol. The van der Waals surface area contributed by atoms with Crippen LogP contribution in [-0.4, -0.2) is 44.0 Å². The highest BCUT2D eigenvalue weighted by atomic mass is 32.2. The molecule has 0 radical (unpaired) electrons. The normalized spacial score (nSPS) is 13.0. The van der Waals surface area contributed by atoms with Gasteiger partial charge in [0, 0.05) is 28.2 Å². The summed E-state index contributed by atoms with van der Waals surface area (Å²) in [5, 5.41) is 4.51. The Labute approximate surface area is 244 Å². The van der Waals surface area contributed by atoms with E-state index in [0.29, 0.717) is 35.8 Å². The molecule has 1 aliphatic heterocycles. The molecule has 5 aromatic rings. The van der Waals surface area contributed by atoms with Gasteiger partial charge in [-0.1, -0.05) is 30.3 Å². The molecule has 0 unspecified atom stereocenters. The second kappa shape index (κ2) is 11.0. The predicted molar refractivity (Wildman–Crippen MR) is 161 cm³/mol. The number of hydrogen-bond acceptors (Lipinski definition) is 8. The van der Waals surface area contributed by atoms with Crippen LogP contribution in [0.3, 0.4) is 0 Å². The molecule has 2 aromatic heterocycles. The summed E-state index contributed by atoms with van der Waals surface area (Å²) in [7, 11) is -2.39. The van der Waals surface area contributed by atoms with E-state index in [2.05, 4.69) is 10.0 Å². The third kappa shape index (κ3) is 5.41. The van der Waals surface area contributed by atoms with Gasteiger partial charge in [0.15, 0.2) is 0 Å². The molecule has 0 aliphatic carbocycles. The van der Waals surface area contributed by atoms with Crippen molar-refractivity contribution in [1.82, 2.24) is 9.88 Å². The smallest absolute Gasteiger partial charge is 0.409 e. The summed E-state index contributed by atoms with van der Waals surface area (Å²) in [4.78, 5) is 33.2. The molecule has 0 fully saturated rings. The Morgan fingerprint density at radius 2 is 1.68 bits per heavy atom. The van der Waals surface area contributed by atoms with Crippen molar-refractivity contribution in [3.63, 3.8) is 0 Å². The van der Waals surface area contributed by atoms with Gasteiger partial charge >= 0.3 is 6.09 Å². The number of thiazole rings is 1. The summed E-state index contributed by atoms with van der Waals surface area (Å²) in [6.07, 6.45) is 0.220. The number of rotatable bonds is 6. The summed E-state index contributed by atoms with van der Waals surface area (Å²) < 4.78 is 33.8. The Morgan fingerprint density at radius 1 is 0.951 bits per heavy atom. The summed E-state index contributed by atoms with van der Waals surface area (Å²) in [5.74, 6) is -0.340. The first kappa shape index (κ1) is 26.9. The molecule has 0 saturated heterocycles. The van der Waals surface area contributed by atoms with Crippen molar-refractivity contribution in [3.05, 3.63) is 94.9 Å². The zero-order valence-electron chi connectivity index (χ0n) is 21.8. The number of amides is 2. The molecule has 2 amide bonds. The first-order chi connectivity index (χ1) is 19.8. The number of benzene rings is 3. The average Bonchev–Trinajstić information content (AvgIpc) is 3.57. The fraction of sp³-hybridized carbons (Fsp3) is 0.138. The lowest BCUT2D eigenvalue weighted by Crippen LogP contribution is -2.35. The molecule has 208 valence electrons. The van der Waals surface area contributed by atoms with E-state index in [1.807, 2.05) is 24.3 Å². The van der Waals surface area contributed by atoms with Crippen molar-refractivity contribution in [3.8, 4) is 10.6 Å². The van der Waals surface area contributed by atoms with Crippen molar-refractivity contribution >= 4 is 65.6 Å². The molecule has 3 heterocycles. The summed E-state index contributed by atoms with van der Waals surface area (Å²) in [6.45, 7) is 0.888. The maximum Gasteiger partial charge on any atom is 0.409 e. The third-order valence-corrected chi connectivity index (χ3v) is 10.3. The highest BCUT2D eigenvalue weighted by Gasteiger charge is 2.30. The molecule has 0 saturated carbocycles. The number of nitrogens with zero attached hydrogens (tertiary/aromatic N) is 2. The van der Waals surface area contributed by atoms with Gasteiger partial charge in [-0.25, -0.2) is 18.2 Å². The minimum atomic E-state index is -3.75. The average molecular weight is 605 g/mol. The number of carbonyl (C=O) groups excluding carboxylic acids is 2. The lowest BCUT2D eigenvalue weighted by molar-refractivity contribution is 0.102. The third-order valence-electron chi connectivity index (χ3n) is 6.68. The van der Waals surface area contributed by atoms with Gasteiger partial charge in [0.1, 0.15) is 10.0 Å². The van der Waals surface area contributed by atoms with E-state index in [1.165, 1.54) is 30.6 Å². The molecule has 3 aromatic carbocycles. The molecule has 12 heteroatoms. The number of anilines is 2. The van der Waals surface area contributed by atoms with Crippen molar-refractivity contribution in [2.75, 3.05) is 23.7 Å². The monoisotopic (exact) mass is 604 g/mol. The molecular formula is C29H24N4O5S3. The van der Waals surface area contributed by atoms with Crippen LogP contribution in [0.15, 0.2) is 83.8 Å². The van der Waals surface area contributed by atoms with Crippen LogP contribution < -0.4 is 10.0 Å². The van der Waals surface area contributed by atoms with E-state index >= 15 is 0 Å². The van der Waals surface area contributed by atoms with Crippen molar-refractivity contribution in [2.24, 2.45) is 0 Å². The van der Waals surface area contributed by atoms with Crippen LogP contribution in [0.5, 0.6) is 0 Å². The van der Waals surface area contributed by atoms with Crippen LogP contribution in [0.25, 0.3) is 20.8 Å². The molecule has 0 atom stereocenters. The number of sulfonamides is 1. The first-order valence-corrected chi connectivity index (χ1v) is 15.8. The van der Waals surface area contributed by atoms with E-state index in [-0.39, 0.29) is 16.9 Å². The highest BCUT2D eigenvalue weighted by Crippen LogP contribution is 2.46. The van der Waals surface area contributed by atoms with E-state index < -0.39 is 10.0 Å². The van der Waals surface area contributed by atoms with Crippen LogP contribution in [-0.2, 0) is 27.7 Å². The Hall–Kier alpha value is -4.26. The molecule has 41 heavy (non-hydrogen) atoms. The number of fused-ring (bicyclic) bond motifs is 2. The number of methoxy groups -OCH3 is 1. The Kier molecular flexibility index (Phi) is 7.20. The van der Waals surface area contributed by atoms with Gasteiger partial charge in [-0.15, -0.1) is 22.7 Å². The number of ether oxygens (including phenoxy) is 1. The van der Waals surface area contributed by atoms with Gasteiger partial charge in [-0.05, 0) is 60.5 Å². The van der Waals surface area contributed by atoms with Crippen LogP contribution in [0.4, 0.5) is 15.5 Å². The maximum absolute atomic E-state index is 13.4. The van der Waals surface area contributed by atoms with Gasteiger partial charge in [0.2, 0.25) is 0 Å².